The molecule has 2 unspecified atom stereocenters. The molecule has 4 heteroatoms. The van der Waals surface area contributed by atoms with Crippen molar-refractivity contribution in [3.8, 4) is 0 Å². The topological polar surface area (TPSA) is 12.0 Å². The fourth-order valence-corrected chi connectivity index (χ4v) is 2.28. The van der Waals surface area contributed by atoms with Gasteiger partial charge in [-0.1, -0.05) is 15.9 Å². The Labute approximate surface area is 96.0 Å². The molecule has 0 saturated carbocycles. The molecule has 1 heterocycles. The lowest BCUT2D eigenvalue weighted by atomic mass is 10.0. The molecular weight excluding hydrogens is 264 g/mol. The SMILES string of the molecule is Fc1ccc(Br)cc1C(F)C1CCCN1. The molecule has 15 heavy (non-hydrogen) atoms. The Morgan fingerprint density at radius 1 is 1.47 bits per heavy atom. The van der Waals surface area contributed by atoms with Crippen LogP contribution >= 0.6 is 15.9 Å². The summed E-state index contributed by atoms with van der Waals surface area (Å²) < 4.78 is 28.1. The molecule has 1 aromatic rings. The van der Waals surface area contributed by atoms with Crippen LogP contribution in [0.5, 0.6) is 0 Å². The van der Waals surface area contributed by atoms with Gasteiger partial charge in [-0.2, -0.15) is 0 Å². The fourth-order valence-electron chi connectivity index (χ4n) is 1.90. The molecule has 1 fully saturated rings. The molecule has 0 aliphatic carbocycles. The Hall–Kier alpha value is -0.480. The van der Waals surface area contributed by atoms with Gasteiger partial charge in [0, 0.05) is 16.1 Å². The molecule has 0 aromatic heterocycles. The van der Waals surface area contributed by atoms with Crippen molar-refractivity contribution in [1.29, 1.82) is 0 Å². The standard InChI is InChI=1S/C11H12BrF2N/c12-7-3-4-9(13)8(6-7)11(14)10-2-1-5-15-10/h3-4,6,10-11,15H,1-2,5H2. The number of halogens is 3. The summed E-state index contributed by atoms with van der Waals surface area (Å²) in [6.45, 7) is 0.820. The van der Waals surface area contributed by atoms with E-state index in [0.29, 0.717) is 4.47 Å². The molecule has 1 nitrogen and oxygen atoms in total. The highest BCUT2D eigenvalue weighted by Gasteiger charge is 2.27. The normalized spacial score (nSPS) is 23.0. The summed E-state index contributed by atoms with van der Waals surface area (Å²) in [5, 5.41) is 3.04. The molecule has 2 atom stereocenters. The predicted octanol–water partition coefficient (Wildman–Crippen LogP) is 3.35. The van der Waals surface area contributed by atoms with Gasteiger partial charge in [0.25, 0.3) is 0 Å². The van der Waals surface area contributed by atoms with E-state index in [1.165, 1.54) is 12.1 Å². The van der Waals surface area contributed by atoms with Crippen molar-refractivity contribution in [2.75, 3.05) is 6.54 Å². The smallest absolute Gasteiger partial charge is 0.143 e. The summed E-state index contributed by atoms with van der Waals surface area (Å²) in [5.74, 6) is -0.473. The van der Waals surface area contributed by atoms with Crippen LogP contribution in [0.1, 0.15) is 24.6 Å². The van der Waals surface area contributed by atoms with E-state index in [4.69, 9.17) is 0 Å². The van der Waals surface area contributed by atoms with Gasteiger partial charge in [0.1, 0.15) is 12.0 Å². The third-order valence-corrected chi connectivity index (χ3v) is 3.20. The molecule has 0 spiro atoms. The molecule has 0 amide bonds. The van der Waals surface area contributed by atoms with Gasteiger partial charge in [-0.3, -0.25) is 0 Å². The maximum atomic E-state index is 14.0. The minimum absolute atomic E-state index is 0.142. The van der Waals surface area contributed by atoms with E-state index in [-0.39, 0.29) is 11.6 Å². The molecule has 1 saturated heterocycles. The van der Waals surface area contributed by atoms with Crippen LogP contribution in [0.25, 0.3) is 0 Å². The Morgan fingerprint density at radius 3 is 2.93 bits per heavy atom. The zero-order valence-corrected chi connectivity index (χ0v) is 9.73. The predicted molar refractivity (Wildman–Crippen MR) is 59.0 cm³/mol. The van der Waals surface area contributed by atoms with Crippen LogP contribution in [0.4, 0.5) is 8.78 Å². The molecule has 0 bridgehead atoms. The molecular formula is C11H12BrF2N. The summed E-state index contributed by atoms with van der Waals surface area (Å²) in [7, 11) is 0. The van der Waals surface area contributed by atoms with Gasteiger partial charge < -0.3 is 5.32 Å². The number of nitrogens with one attached hydrogen (secondary N) is 1. The maximum absolute atomic E-state index is 14.0. The van der Waals surface area contributed by atoms with Crippen molar-refractivity contribution in [2.45, 2.75) is 25.1 Å². The zero-order valence-electron chi connectivity index (χ0n) is 8.14. The summed E-state index contributed by atoms with van der Waals surface area (Å²) in [4.78, 5) is 0. The van der Waals surface area contributed by atoms with E-state index in [9.17, 15) is 8.78 Å². The number of benzene rings is 1. The Kier molecular flexibility index (Phi) is 3.36. The Morgan fingerprint density at radius 2 is 2.27 bits per heavy atom. The zero-order chi connectivity index (χ0) is 10.8. The molecule has 1 N–H and O–H groups in total. The second kappa shape index (κ2) is 4.58. The van der Waals surface area contributed by atoms with Gasteiger partial charge in [-0.25, -0.2) is 8.78 Å². The quantitative estimate of drug-likeness (QED) is 0.873. The van der Waals surface area contributed by atoms with Crippen LogP contribution in [0.2, 0.25) is 0 Å². The molecule has 0 radical (unpaired) electrons. The second-order valence-corrected chi connectivity index (χ2v) is 4.69. The Bertz CT molecular complexity index is 350. The summed E-state index contributed by atoms with van der Waals surface area (Å²) in [5.41, 5.74) is 0.142. The number of hydrogen-bond donors (Lipinski definition) is 1. The summed E-state index contributed by atoms with van der Waals surface area (Å²) >= 11 is 3.22. The van der Waals surface area contributed by atoms with Gasteiger partial charge in [0.2, 0.25) is 0 Å². The van der Waals surface area contributed by atoms with Crippen LogP contribution in [0.15, 0.2) is 22.7 Å². The lowest BCUT2D eigenvalue weighted by molar-refractivity contribution is 0.263. The van der Waals surface area contributed by atoms with E-state index in [2.05, 4.69) is 21.2 Å². The highest BCUT2D eigenvalue weighted by Crippen LogP contribution is 2.30. The van der Waals surface area contributed by atoms with E-state index >= 15 is 0 Å². The van der Waals surface area contributed by atoms with Crippen LogP contribution in [0, 0.1) is 5.82 Å². The first kappa shape index (κ1) is 11.0. The van der Waals surface area contributed by atoms with Gasteiger partial charge in [-0.05, 0) is 37.6 Å². The minimum atomic E-state index is -1.26. The number of hydrogen-bond acceptors (Lipinski definition) is 1. The molecule has 82 valence electrons. The van der Waals surface area contributed by atoms with Gasteiger partial charge in [-0.15, -0.1) is 0 Å². The molecule has 1 aromatic carbocycles. The first-order valence-corrected chi connectivity index (χ1v) is 5.80. The van der Waals surface area contributed by atoms with Gasteiger partial charge in [0.05, 0.1) is 0 Å². The second-order valence-electron chi connectivity index (χ2n) is 3.77. The average molecular weight is 276 g/mol. The average Bonchev–Trinajstić information content (AvgIpc) is 2.74. The van der Waals surface area contributed by atoms with E-state index in [0.717, 1.165) is 19.4 Å². The van der Waals surface area contributed by atoms with Crippen LogP contribution in [0.3, 0.4) is 0 Å². The van der Waals surface area contributed by atoms with E-state index < -0.39 is 12.0 Å². The highest BCUT2D eigenvalue weighted by molar-refractivity contribution is 9.10. The molecule has 1 aliphatic heterocycles. The van der Waals surface area contributed by atoms with Crippen LogP contribution in [-0.2, 0) is 0 Å². The van der Waals surface area contributed by atoms with Crippen molar-refractivity contribution in [1.82, 2.24) is 5.32 Å². The van der Waals surface area contributed by atoms with Crippen molar-refractivity contribution in [3.63, 3.8) is 0 Å². The van der Waals surface area contributed by atoms with E-state index in [1.54, 1.807) is 6.07 Å². The van der Waals surface area contributed by atoms with Crippen molar-refractivity contribution in [3.05, 3.63) is 34.1 Å². The van der Waals surface area contributed by atoms with Gasteiger partial charge >= 0.3 is 0 Å². The minimum Gasteiger partial charge on any atom is -0.311 e. The third-order valence-electron chi connectivity index (χ3n) is 2.71. The summed E-state index contributed by atoms with van der Waals surface area (Å²) in [6.07, 6.45) is 0.471. The summed E-state index contributed by atoms with van der Waals surface area (Å²) in [6, 6.07) is 4.14. The number of alkyl halides is 1. The first-order valence-electron chi connectivity index (χ1n) is 5.01. The van der Waals surface area contributed by atoms with Gasteiger partial charge in [0.15, 0.2) is 0 Å². The maximum Gasteiger partial charge on any atom is 0.143 e. The number of rotatable bonds is 2. The fraction of sp³-hybridized carbons (Fsp3) is 0.455. The monoisotopic (exact) mass is 275 g/mol. The van der Waals surface area contributed by atoms with Crippen molar-refractivity contribution < 1.29 is 8.78 Å². The van der Waals surface area contributed by atoms with Crippen molar-refractivity contribution in [2.24, 2.45) is 0 Å². The molecule has 1 aliphatic rings. The van der Waals surface area contributed by atoms with Crippen LogP contribution < -0.4 is 5.32 Å². The van der Waals surface area contributed by atoms with Crippen LogP contribution in [-0.4, -0.2) is 12.6 Å². The highest BCUT2D eigenvalue weighted by atomic mass is 79.9. The largest absolute Gasteiger partial charge is 0.311 e. The Balaban J connectivity index is 2.23. The van der Waals surface area contributed by atoms with Crippen molar-refractivity contribution >= 4 is 15.9 Å². The third kappa shape index (κ3) is 2.37. The van der Waals surface area contributed by atoms with E-state index in [1.807, 2.05) is 0 Å². The lowest BCUT2D eigenvalue weighted by Gasteiger charge is -2.17. The lowest BCUT2D eigenvalue weighted by Crippen LogP contribution is -2.27. The first-order chi connectivity index (χ1) is 7.18. The molecule has 2 rings (SSSR count).